The van der Waals surface area contributed by atoms with E-state index in [1.54, 1.807) is 12.1 Å². The number of pyridine rings is 1. The first-order chi connectivity index (χ1) is 6.24. The van der Waals surface area contributed by atoms with Crippen molar-refractivity contribution in [2.45, 2.75) is 0 Å². The van der Waals surface area contributed by atoms with Crippen LogP contribution >= 0.6 is 0 Å². The number of aliphatic hydroxyl groups excluding tert-OH is 1. The molecule has 0 radical (unpaired) electrons. The van der Waals surface area contributed by atoms with Gasteiger partial charge in [0.15, 0.2) is 0 Å². The molecule has 0 aliphatic rings. The van der Waals surface area contributed by atoms with Gasteiger partial charge in [0.05, 0.1) is 6.61 Å². The van der Waals surface area contributed by atoms with Crippen LogP contribution in [0.15, 0.2) is 24.4 Å². The minimum absolute atomic E-state index is 0.0000831. The summed E-state index contributed by atoms with van der Waals surface area (Å²) in [6.07, 6.45) is 4.58. The lowest BCUT2D eigenvalue weighted by Gasteiger charge is -1.94. The molecule has 0 aromatic carbocycles. The molecule has 0 atom stereocenters. The normalized spacial score (nSPS) is 10.5. The van der Waals surface area contributed by atoms with E-state index in [4.69, 9.17) is 10.2 Å². The maximum absolute atomic E-state index is 10.5. The number of nitrogens with zero attached hydrogens (tertiary/aromatic N) is 1. The van der Waals surface area contributed by atoms with Crippen molar-refractivity contribution in [3.63, 3.8) is 0 Å². The Hall–Kier alpha value is -1.68. The third-order valence-electron chi connectivity index (χ3n) is 1.42. The molecule has 0 saturated heterocycles. The van der Waals surface area contributed by atoms with Crippen molar-refractivity contribution in [3.05, 3.63) is 35.7 Å². The standard InChI is InChI=1S/C9H9NO3/c11-5-1-2-7-3-4-10-8(6-7)9(12)13/h1-4,6,11H,5H2,(H,12,13). The van der Waals surface area contributed by atoms with Gasteiger partial charge in [0.2, 0.25) is 0 Å². The van der Waals surface area contributed by atoms with Gasteiger partial charge in [-0.15, -0.1) is 0 Å². The number of hydrogen-bond acceptors (Lipinski definition) is 3. The lowest BCUT2D eigenvalue weighted by Crippen LogP contribution is -1.99. The molecular formula is C9H9NO3. The quantitative estimate of drug-likeness (QED) is 0.719. The molecule has 2 N–H and O–H groups in total. The van der Waals surface area contributed by atoms with E-state index in [1.807, 2.05) is 0 Å². The van der Waals surface area contributed by atoms with Crippen molar-refractivity contribution in [1.29, 1.82) is 0 Å². The zero-order chi connectivity index (χ0) is 9.68. The van der Waals surface area contributed by atoms with Gasteiger partial charge in [-0.1, -0.05) is 12.2 Å². The SMILES string of the molecule is O=C(O)c1cc(C=CCO)ccn1. The molecule has 1 aromatic rings. The highest BCUT2D eigenvalue weighted by atomic mass is 16.4. The van der Waals surface area contributed by atoms with E-state index in [0.29, 0.717) is 5.56 Å². The summed E-state index contributed by atoms with van der Waals surface area (Å²) in [5.74, 6) is -1.06. The zero-order valence-electron chi connectivity index (χ0n) is 6.84. The fraction of sp³-hybridized carbons (Fsp3) is 0.111. The van der Waals surface area contributed by atoms with Gasteiger partial charge in [0.1, 0.15) is 5.69 Å². The Morgan fingerprint density at radius 2 is 2.38 bits per heavy atom. The second-order valence-electron chi connectivity index (χ2n) is 2.36. The van der Waals surface area contributed by atoms with Crippen LogP contribution in [0.4, 0.5) is 0 Å². The van der Waals surface area contributed by atoms with Crippen molar-refractivity contribution >= 4 is 12.0 Å². The number of carboxylic acid groups (broad SMARTS) is 1. The summed E-state index contributed by atoms with van der Waals surface area (Å²) in [5.41, 5.74) is 0.710. The van der Waals surface area contributed by atoms with Gasteiger partial charge < -0.3 is 10.2 Å². The summed E-state index contributed by atoms with van der Waals surface area (Å²) < 4.78 is 0. The Balaban J connectivity index is 2.92. The monoisotopic (exact) mass is 179 g/mol. The average molecular weight is 179 g/mol. The predicted molar refractivity (Wildman–Crippen MR) is 47.3 cm³/mol. The highest BCUT2D eigenvalue weighted by Crippen LogP contribution is 2.03. The average Bonchev–Trinajstić information content (AvgIpc) is 2.15. The number of rotatable bonds is 3. The Bertz CT molecular complexity index is 333. The number of carboxylic acids is 1. The molecule has 0 saturated carbocycles. The number of carbonyl (C=O) groups is 1. The zero-order valence-corrected chi connectivity index (χ0v) is 6.84. The summed E-state index contributed by atoms with van der Waals surface area (Å²) in [4.78, 5) is 14.1. The number of hydrogen-bond donors (Lipinski definition) is 2. The van der Waals surface area contributed by atoms with Crippen LogP contribution < -0.4 is 0 Å². The smallest absolute Gasteiger partial charge is 0.354 e. The first-order valence-electron chi connectivity index (χ1n) is 3.71. The largest absolute Gasteiger partial charge is 0.477 e. The van der Waals surface area contributed by atoms with Gasteiger partial charge in [-0.25, -0.2) is 9.78 Å². The molecule has 0 aliphatic heterocycles. The van der Waals surface area contributed by atoms with Crippen LogP contribution in [0.25, 0.3) is 6.08 Å². The molecule has 1 heterocycles. The molecule has 0 aliphatic carbocycles. The first kappa shape index (κ1) is 9.41. The molecule has 0 fully saturated rings. The van der Waals surface area contributed by atoms with Crippen LogP contribution in [0.3, 0.4) is 0 Å². The molecule has 4 heteroatoms. The van der Waals surface area contributed by atoms with Crippen molar-refractivity contribution in [2.75, 3.05) is 6.61 Å². The first-order valence-corrected chi connectivity index (χ1v) is 3.71. The van der Waals surface area contributed by atoms with Crippen molar-refractivity contribution < 1.29 is 15.0 Å². The molecule has 68 valence electrons. The molecule has 1 rings (SSSR count). The highest BCUT2D eigenvalue weighted by Gasteiger charge is 2.02. The summed E-state index contributed by atoms with van der Waals surface area (Å²) >= 11 is 0. The molecule has 0 bridgehead atoms. The predicted octanol–water partition coefficient (Wildman–Crippen LogP) is 0.785. The summed E-state index contributed by atoms with van der Waals surface area (Å²) in [6.45, 7) is -0.0648. The van der Waals surface area contributed by atoms with Gasteiger partial charge in [0, 0.05) is 6.20 Å². The molecule has 4 nitrogen and oxygen atoms in total. The molecular weight excluding hydrogens is 170 g/mol. The lowest BCUT2D eigenvalue weighted by molar-refractivity contribution is 0.0690. The third kappa shape index (κ3) is 2.68. The Morgan fingerprint density at radius 3 is 3.00 bits per heavy atom. The summed E-state index contributed by atoms with van der Waals surface area (Å²) in [7, 11) is 0. The molecule has 0 spiro atoms. The fourth-order valence-electron chi connectivity index (χ4n) is 0.856. The van der Waals surface area contributed by atoms with Crippen LogP contribution in [0.1, 0.15) is 16.1 Å². The van der Waals surface area contributed by atoms with Crippen molar-refractivity contribution in [2.24, 2.45) is 0 Å². The van der Waals surface area contributed by atoms with Gasteiger partial charge in [0.25, 0.3) is 0 Å². The van der Waals surface area contributed by atoms with Crippen molar-refractivity contribution in [3.8, 4) is 0 Å². The van der Waals surface area contributed by atoms with Crippen LogP contribution in [0, 0.1) is 0 Å². The van der Waals surface area contributed by atoms with Crippen molar-refractivity contribution in [1.82, 2.24) is 4.98 Å². The third-order valence-corrected chi connectivity index (χ3v) is 1.42. The summed E-state index contributed by atoms with van der Waals surface area (Å²) in [5, 5.41) is 17.1. The molecule has 1 aromatic heterocycles. The fourth-order valence-corrected chi connectivity index (χ4v) is 0.856. The van der Waals surface area contributed by atoms with Gasteiger partial charge in [-0.2, -0.15) is 0 Å². The number of aliphatic hydroxyl groups is 1. The van der Waals surface area contributed by atoms with Gasteiger partial charge in [-0.05, 0) is 17.7 Å². The number of aromatic nitrogens is 1. The van der Waals surface area contributed by atoms with E-state index in [1.165, 1.54) is 18.3 Å². The van der Waals surface area contributed by atoms with Crippen LogP contribution in [-0.2, 0) is 0 Å². The Kier molecular flexibility index (Phi) is 3.16. The second kappa shape index (κ2) is 4.37. The molecule has 13 heavy (non-hydrogen) atoms. The maximum Gasteiger partial charge on any atom is 0.354 e. The molecule has 0 unspecified atom stereocenters. The van der Waals surface area contributed by atoms with E-state index in [0.717, 1.165) is 0 Å². The Labute approximate surface area is 75.2 Å². The van der Waals surface area contributed by atoms with E-state index < -0.39 is 5.97 Å². The topological polar surface area (TPSA) is 70.4 Å². The minimum atomic E-state index is -1.06. The minimum Gasteiger partial charge on any atom is -0.477 e. The van der Waals surface area contributed by atoms with E-state index >= 15 is 0 Å². The van der Waals surface area contributed by atoms with Crippen LogP contribution in [0.2, 0.25) is 0 Å². The van der Waals surface area contributed by atoms with E-state index in [9.17, 15) is 4.79 Å². The van der Waals surface area contributed by atoms with Crippen LogP contribution in [0.5, 0.6) is 0 Å². The maximum atomic E-state index is 10.5. The second-order valence-corrected chi connectivity index (χ2v) is 2.36. The van der Waals surface area contributed by atoms with Gasteiger partial charge >= 0.3 is 5.97 Å². The van der Waals surface area contributed by atoms with E-state index in [2.05, 4.69) is 4.98 Å². The van der Waals surface area contributed by atoms with E-state index in [-0.39, 0.29) is 12.3 Å². The summed E-state index contributed by atoms with van der Waals surface area (Å²) in [6, 6.07) is 3.10. The lowest BCUT2D eigenvalue weighted by atomic mass is 10.2. The Morgan fingerprint density at radius 1 is 1.62 bits per heavy atom. The highest BCUT2D eigenvalue weighted by molar-refractivity contribution is 5.85. The van der Waals surface area contributed by atoms with Crippen LogP contribution in [-0.4, -0.2) is 27.8 Å². The molecule has 0 amide bonds. The van der Waals surface area contributed by atoms with Gasteiger partial charge in [-0.3, -0.25) is 0 Å². The number of aromatic carboxylic acids is 1.